The van der Waals surface area contributed by atoms with E-state index < -0.39 is 11.7 Å². The number of carbonyl (C=O) groups is 1. The van der Waals surface area contributed by atoms with E-state index in [1.165, 1.54) is 24.3 Å². The molecule has 0 spiro atoms. The summed E-state index contributed by atoms with van der Waals surface area (Å²) in [4.78, 5) is 11.7. The summed E-state index contributed by atoms with van der Waals surface area (Å²) in [5.41, 5.74) is 0.310. The molecule has 0 saturated carbocycles. The standard InChI is InChI=1S/C19H15F4NO/c20-17-9-6-14(7-10-17)8-11-18(25)24-12-2-4-15-3-1-5-16(13-15)19(21,22)23/h1,3,5-7,9-10,13H,8,11-12H2,(H,24,25). The summed E-state index contributed by atoms with van der Waals surface area (Å²) in [5.74, 6) is 4.64. The third-order valence-electron chi connectivity index (χ3n) is 3.35. The highest BCUT2D eigenvalue weighted by molar-refractivity contribution is 5.76. The first-order valence-corrected chi connectivity index (χ1v) is 7.52. The number of hydrogen-bond acceptors (Lipinski definition) is 1. The van der Waals surface area contributed by atoms with Crippen molar-refractivity contribution >= 4 is 5.91 Å². The van der Waals surface area contributed by atoms with E-state index in [1.807, 2.05) is 0 Å². The van der Waals surface area contributed by atoms with Crippen molar-refractivity contribution in [1.29, 1.82) is 0 Å². The van der Waals surface area contributed by atoms with E-state index in [0.717, 1.165) is 17.7 Å². The zero-order valence-electron chi connectivity index (χ0n) is 13.2. The van der Waals surface area contributed by atoms with E-state index in [-0.39, 0.29) is 30.3 Å². The second-order valence-corrected chi connectivity index (χ2v) is 5.28. The van der Waals surface area contributed by atoms with Crippen molar-refractivity contribution in [2.45, 2.75) is 19.0 Å². The Morgan fingerprint density at radius 1 is 1.08 bits per heavy atom. The van der Waals surface area contributed by atoms with Gasteiger partial charge < -0.3 is 5.32 Å². The summed E-state index contributed by atoms with van der Waals surface area (Å²) in [5, 5.41) is 2.57. The molecule has 0 saturated heterocycles. The fourth-order valence-corrected chi connectivity index (χ4v) is 2.06. The number of aryl methyl sites for hydroxylation is 1. The summed E-state index contributed by atoms with van der Waals surface area (Å²) >= 11 is 0. The maximum Gasteiger partial charge on any atom is 0.416 e. The van der Waals surface area contributed by atoms with Crippen molar-refractivity contribution in [2.24, 2.45) is 0 Å². The zero-order chi connectivity index (χ0) is 18.3. The van der Waals surface area contributed by atoms with Crippen molar-refractivity contribution in [3.63, 3.8) is 0 Å². The van der Waals surface area contributed by atoms with Gasteiger partial charge in [0.25, 0.3) is 0 Å². The van der Waals surface area contributed by atoms with Crippen LogP contribution < -0.4 is 5.32 Å². The first-order chi connectivity index (χ1) is 11.8. The number of carbonyl (C=O) groups excluding carboxylic acids is 1. The Morgan fingerprint density at radius 3 is 2.48 bits per heavy atom. The molecule has 2 aromatic carbocycles. The van der Waals surface area contributed by atoms with Crippen LogP contribution in [0.4, 0.5) is 17.6 Å². The average molecular weight is 349 g/mol. The third-order valence-corrected chi connectivity index (χ3v) is 3.35. The van der Waals surface area contributed by atoms with Gasteiger partial charge in [0, 0.05) is 12.0 Å². The Balaban J connectivity index is 1.80. The van der Waals surface area contributed by atoms with Crippen LogP contribution >= 0.6 is 0 Å². The quantitative estimate of drug-likeness (QED) is 0.657. The van der Waals surface area contributed by atoms with Crippen LogP contribution in [0.3, 0.4) is 0 Å². The van der Waals surface area contributed by atoms with Crippen LogP contribution in [0.5, 0.6) is 0 Å². The molecule has 2 nitrogen and oxygen atoms in total. The second kappa shape index (κ2) is 8.34. The highest BCUT2D eigenvalue weighted by Crippen LogP contribution is 2.29. The van der Waals surface area contributed by atoms with E-state index in [9.17, 15) is 22.4 Å². The largest absolute Gasteiger partial charge is 0.416 e. The summed E-state index contributed by atoms with van der Waals surface area (Å²) < 4.78 is 50.5. The SMILES string of the molecule is O=C(CCc1ccc(F)cc1)NCC#Cc1cccc(C(F)(F)F)c1. The highest BCUT2D eigenvalue weighted by Gasteiger charge is 2.30. The van der Waals surface area contributed by atoms with Crippen LogP contribution in [0.15, 0.2) is 48.5 Å². The molecule has 0 bridgehead atoms. The van der Waals surface area contributed by atoms with Crippen molar-refractivity contribution in [2.75, 3.05) is 6.54 Å². The number of alkyl halides is 3. The molecule has 0 unspecified atom stereocenters. The molecule has 0 heterocycles. The van der Waals surface area contributed by atoms with Crippen molar-refractivity contribution in [3.05, 3.63) is 71.0 Å². The molecule has 0 fully saturated rings. The lowest BCUT2D eigenvalue weighted by Gasteiger charge is -2.05. The lowest BCUT2D eigenvalue weighted by atomic mass is 10.1. The Kier molecular flexibility index (Phi) is 6.18. The highest BCUT2D eigenvalue weighted by atomic mass is 19.4. The van der Waals surface area contributed by atoms with Gasteiger partial charge in [-0.15, -0.1) is 0 Å². The van der Waals surface area contributed by atoms with Crippen LogP contribution in [0.25, 0.3) is 0 Å². The average Bonchev–Trinajstić information content (AvgIpc) is 2.58. The van der Waals surface area contributed by atoms with E-state index in [0.29, 0.717) is 6.42 Å². The first-order valence-electron chi connectivity index (χ1n) is 7.52. The van der Waals surface area contributed by atoms with Gasteiger partial charge in [0.1, 0.15) is 5.82 Å². The Labute approximate surface area is 142 Å². The smallest absolute Gasteiger partial charge is 0.345 e. The molecule has 1 N–H and O–H groups in total. The van der Waals surface area contributed by atoms with Gasteiger partial charge in [-0.3, -0.25) is 4.79 Å². The number of nitrogens with one attached hydrogen (secondary N) is 1. The Morgan fingerprint density at radius 2 is 1.80 bits per heavy atom. The van der Waals surface area contributed by atoms with Crippen LogP contribution in [0.2, 0.25) is 0 Å². The van der Waals surface area contributed by atoms with Gasteiger partial charge in [-0.1, -0.05) is 30.0 Å². The van der Waals surface area contributed by atoms with E-state index in [4.69, 9.17) is 0 Å². The minimum Gasteiger partial charge on any atom is -0.345 e. The van der Waals surface area contributed by atoms with Gasteiger partial charge in [-0.2, -0.15) is 13.2 Å². The van der Waals surface area contributed by atoms with Crippen molar-refractivity contribution in [3.8, 4) is 11.8 Å². The summed E-state index contributed by atoms with van der Waals surface area (Å²) in [6.07, 6.45) is -3.73. The van der Waals surface area contributed by atoms with Gasteiger partial charge in [0.15, 0.2) is 0 Å². The molecular formula is C19H15F4NO. The molecule has 0 aliphatic carbocycles. The molecule has 1 amide bonds. The molecule has 0 radical (unpaired) electrons. The van der Waals surface area contributed by atoms with E-state index >= 15 is 0 Å². The Hall–Kier alpha value is -2.81. The number of halogens is 4. The first kappa shape index (κ1) is 18.5. The molecule has 0 aliphatic rings. The fourth-order valence-electron chi connectivity index (χ4n) is 2.06. The number of amides is 1. The summed E-state index contributed by atoms with van der Waals surface area (Å²) in [6.45, 7) is 0.0402. The molecule has 25 heavy (non-hydrogen) atoms. The topological polar surface area (TPSA) is 29.1 Å². The summed E-state index contributed by atoms with van der Waals surface area (Å²) in [6, 6.07) is 10.6. The molecular weight excluding hydrogens is 334 g/mol. The van der Waals surface area contributed by atoms with Gasteiger partial charge in [0.2, 0.25) is 5.91 Å². The minimum atomic E-state index is -4.41. The fraction of sp³-hybridized carbons (Fsp3) is 0.211. The predicted octanol–water partition coefficient (Wildman–Crippen LogP) is 3.95. The maximum absolute atomic E-state index is 12.8. The van der Waals surface area contributed by atoms with Gasteiger partial charge >= 0.3 is 6.18 Å². The lowest BCUT2D eigenvalue weighted by molar-refractivity contribution is -0.137. The molecule has 2 aromatic rings. The van der Waals surface area contributed by atoms with Gasteiger partial charge in [-0.05, 0) is 42.3 Å². The predicted molar refractivity (Wildman–Crippen MR) is 86.1 cm³/mol. The van der Waals surface area contributed by atoms with Crippen LogP contribution in [-0.4, -0.2) is 12.5 Å². The van der Waals surface area contributed by atoms with Gasteiger partial charge in [0.05, 0.1) is 12.1 Å². The molecule has 6 heteroatoms. The second-order valence-electron chi connectivity index (χ2n) is 5.28. The third kappa shape index (κ3) is 6.30. The minimum absolute atomic E-state index is 0.0402. The molecule has 130 valence electrons. The number of rotatable bonds is 4. The molecule has 0 aliphatic heterocycles. The van der Waals surface area contributed by atoms with Gasteiger partial charge in [-0.25, -0.2) is 4.39 Å². The monoisotopic (exact) mass is 349 g/mol. The van der Waals surface area contributed by atoms with Crippen LogP contribution in [0.1, 0.15) is 23.1 Å². The normalized spacial score (nSPS) is 10.7. The van der Waals surface area contributed by atoms with Crippen molar-refractivity contribution in [1.82, 2.24) is 5.32 Å². The zero-order valence-corrected chi connectivity index (χ0v) is 13.2. The number of hydrogen-bond donors (Lipinski definition) is 1. The van der Waals surface area contributed by atoms with E-state index in [1.54, 1.807) is 12.1 Å². The van der Waals surface area contributed by atoms with E-state index in [2.05, 4.69) is 17.2 Å². The maximum atomic E-state index is 12.8. The summed E-state index contributed by atoms with van der Waals surface area (Å²) in [7, 11) is 0. The van der Waals surface area contributed by atoms with Crippen LogP contribution in [-0.2, 0) is 17.4 Å². The Bertz CT molecular complexity index is 786. The number of benzene rings is 2. The molecule has 2 rings (SSSR count). The molecule has 0 atom stereocenters. The molecule has 0 aromatic heterocycles. The van der Waals surface area contributed by atoms with Crippen LogP contribution in [0, 0.1) is 17.7 Å². The van der Waals surface area contributed by atoms with Crippen molar-refractivity contribution < 1.29 is 22.4 Å². The lowest BCUT2D eigenvalue weighted by Crippen LogP contribution is -2.23.